The average Bonchev–Trinajstić information content (AvgIpc) is 3.05. The molecule has 2 amide bonds. The van der Waals surface area contributed by atoms with Crippen LogP contribution in [0, 0.1) is 5.92 Å². The number of nitrogens with zero attached hydrogens (tertiary/aromatic N) is 2. The Balaban J connectivity index is 1.75. The molecule has 4 aromatic carbocycles. The Hall–Kier alpha value is -4.63. The lowest BCUT2D eigenvalue weighted by molar-refractivity contribution is -0.140. The van der Waals surface area contributed by atoms with Crippen LogP contribution in [0.2, 0.25) is 0 Å². The number of para-hydroxylation sites is 1. The van der Waals surface area contributed by atoms with Crippen molar-refractivity contribution in [1.82, 2.24) is 10.2 Å². The molecule has 9 heteroatoms. The molecule has 0 aromatic heterocycles. The van der Waals surface area contributed by atoms with Crippen molar-refractivity contribution in [3.63, 3.8) is 0 Å². The average molecular weight is 628 g/mol. The fourth-order valence-corrected chi connectivity index (χ4v) is 6.30. The Morgan fingerprint density at radius 2 is 1.33 bits per heavy atom. The first-order valence-electron chi connectivity index (χ1n) is 15.1. The summed E-state index contributed by atoms with van der Waals surface area (Å²) >= 11 is 0. The lowest BCUT2D eigenvalue weighted by atomic mass is 10.0. The number of hydrogen-bond donors (Lipinski definition) is 1. The molecular formula is C36H41N3O5S. The molecule has 0 saturated heterocycles. The minimum atomic E-state index is -4.18. The standard InChI is InChI=1S/C36H41N3O5S/c1-4-44-32-20-22-33(23-21-32)45(42,43)39(31-18-12-7-13-19-31)27-35(40)38(26-30-16-10-6-11-17-30)34(36(41)37-25-28(2)3)24-29-14-8-5-9-15-29/h5-23,28,34H,4,24-27H2,1-3H3,(H,37,41). The van der Waals surface area contributed by atoms with Crippen LogP contribution in [0.15, 0.2) is 120 Å². The van der Waals surface area contributed by atoms with E-state index in [1.165, 1.54) is 17.0 Å². The Morgan fingerprint density at radius 3 is 1.89 bits per heavy atom. The van der Waals surface area contributed by atoms with Gasteiger partial charge in [-0.2, -0.15) is 0 Å². The summed E-state index contributed by atoms with van der Waals surface area (Å²) in [5.41, 5.74) is 2.04. The van der Waals surface area contributed by atoms with E-state index in [4.69, 9.17) is 4.74 Å². The fraction of sp³-hybridized carbons (Fsp3) is 0.278. The first-order valence-corrected chi connectivity index (χ1v) is 16.6. The first-order chi connectivity index (χ1) is 21.7. The van der Waals surface area contributed by atoms with Gasteiger partial charge >= 0.3 is 0 Å². The minimum absolute atomic E-state index is 0.0210. The molecule has 1 unspecified atom stereocenters. The Bertz CT molecular complexity index is 1610. The zero-order chi connectivity index (χ0) is 32.2. The Morgan fingerprint density at radius 1 is 0.778 bits per heavy atom. The number of amides is 2. The van der Waals surface area contributed by atoms with Gasteiger partial charge in [0.2, 0.25) is 11.8 Å². The SMILES string of the molecule is CCOc1ccc(S(=O)(=O)N(CC(=O)N(Cc2ccccc2)C(Cc2ccccc2)C(=O)NCC(C)C)c2ccccc2)cc1. The predicted octanol–water partition coefficient (Wildman–Crippen LogP) is 5.69. The highest BCUT2D eigenvalue weighted by Gasteiger charge is 2.34. The van der Waals surface area contributed by atoms with Crippen LogP contribution in [0.1, 0.15) is 31.9 Å². The number of sulfonamides is 1. The molecule has 45 heavy (non-hydrogen) atoms. The molecule has 0 spiro atoms. The van der Waals surface area contributed by atoms with Crippen molar-refractivity contribution in [2.45, 2.75) is 44.7 Å². The van der Waals surface area contributed by atoms with Crippen molar-refractivity contribution in [3.8, 4) is 5.75 Å². The van der Waals surface area contributed by atoms with Gasteiger partial charge in [0.25, 0.3) is 10.0 Å². The number of ether oxygens (including phenoxy) is 1. The molecule has 236 valence electrons. The van der Waals surface area contributed by atoms with E-state index < -0.39 is 28.5 Å². The quantitative estimate of drug-likeness (QED) is 0.183. The molecule has 0 radical (unpaired) electrons. The molecule has 4 rings (SSSR count). The molecule has 0 heterocycles. The number of nitrogens with one attached hydrogen (secondary N) is 1. The molecule has 0 fully saturated rings. The van der Waals surface area contributed by atoms with Gasteiger partial charge in [0.1, 0.15) is 18.3 Å². The zero-order valence-electron chi connectivity index (χ0n) is 26.0. The van der Waals surface area contributed by atoms with Gasteiger partial charge in [0.05, 0.1) is 17.2 Å². The zero-order valence-corrected chi connectivity index (χ0v) is 26.8. The summed E-state index contributed by atoms with van der Waals surface area (Å²) < 4.78 is 34.9. The highest BCUT2D eigenvalue weighted by Crippen LogP contribution is 2.26. The second-order valence-corrected chi connectivity index (χ2v) is 13.0. The van der Waals surface area contributed by atoms with E-state index in [1.807, 2.05) is 81.4 Å². The summed E-state index contributed by atoms with van der Waals surface area (Å²) in [4.78, 5) is 29.8. The molecule has 0 aliphatic rings. The molecule has 0 saturated carbocycles. The summed E-state index contributed by atoms with van der Waals surface area (Å²) in [5.74, 6) is -0.0447. The van der Waals surface area contributed by atoms with Crippen LogP contribution in [0.4, 0.5) is 5.69 Å². The van der Waals surface area contributed by atoms with Crippen LogP contribution in [0.5, 0.6) is 5.75 Å². The van der Waals surface area contributed by atoms with E-state index in [0.29, 0.717) is 24.6 Å². The number of rotatable bonds is 15. The fourth-order valence-electron chi connectivity index (χ4n) is 4.88. The van der Waals surface area contributed by atoms with Crippen LogP contribution < -0.4 is 14.4 Å². The minimum Gasteiger partial charge on any atom is -0.494 e. The summed E-state index contributed by atoms with van der Waals surface area (Å²) in [6.07, 6.45) is 0.264. The third-order valence-corrected chi connectivity index (χ3v) is 8.99. The van der Waals surface area contributed by atoms with E-state index in [1.54, 1.807) is 42.5 Å². The number of carbonyl (C=O) groups excluding carboxylic acids is 2. The molecule has 0 bridgehead atoms. The van der Waals surface area contributed by atoms with Crippen LogP contribution in [0.25, 0.3) is 0 Å². The maximum absolute atomic E-state index is 14.4. The van der Waals surface area contributed by atoms with Gasteiger partial charge in [-0.25, -0.2) is 8.42 Å². The molecule has 0 aliphatic heterocycles. The van der Waals surface area contributed by atoms with Crippen molar-refractivity contribution >= 4 is 27.5 Å². The number of benzene rings is 4. The van der Waals surface area contributed by atoms with Crippen LogP contribution in [-0.4, -0.2) is 50.9 Å². The lowest BCUT2D eigenvalue weighted by Gasteiger charge is -2.34. The van der Waals surface area contributed by atoms with Gasteiger partial charge in [0, 0.05) is 19.5 Å². The molecule has 4 aromatic rings. The van der Waals surface area contributed by atoms with Crippen molar-refractivity contribution in [1.29, 1.82) is 0 Å². The summed E-state index contributed by atoms with van der Waals surface area (Å²) in [7, 11) is -4.18. The van der Waals surface area contributed by atoms with Gasteiger partial charge in [-0.1, -0.05) is 92.7 Å². The predicted molar refractivity (Wildman–Crippen MR) is 177 cm³/mol. The second kappa shape index (κ2) is 15.9. The maximum atomic E-state index is 14.4. The van der Waals surface area contributed by atoms with Gasteiger partial charge < -0.3 is 15.0 Å². The van der Waals surface area contributed by atoms with Crippen LogP contribution in [0.3, 0.4) is 0 Å². The van der Waals surface area contributed by atoms with Gasteiger partial charge in [-0.05, 0) is 60.4 Å². The maximum Gasteiger partial charge on any atom is 0.264 e. The number of anilines is 1. The smallest absolute Gasteiger partial charge is 0.264 e. The third-order valence-electron chi connectivity index (χ3n) is 7.20. The molecule has 1 N–H and O–H groups in total. The van der Waals surface area contributed by atoms with Crippen molar-refractivity contribution in [3.05, 3.63) is 126 Å². The first kappa shape index (κ1) is 33.3. The van der Waals surface area contributed by atoms with Crippen molar-refractivity contribution in [2.24, 2.45) is 5.92 Å². The van der Waals surface area contributed by atoms with Crippen LogP contribution in [-0.2, 0) is 32.6 Å². The van der Waals surface area contributed by atoms with Crippen LogP contribution >= 0.6 is 0 Å². The normalized spacial score (nSPS) is 11.9. The largest absolute Gasteiger partial charge is 0.494 e. The van der Waals surface area contributed by atoms with Crippen molar-refractivity contribution in [2.75, 3.05) is 24.0 Å². The molecule has 0 aliphatic carbocycles. The molecule has 8 nitrogen and oxygen atoms in total. The van der Waals surface area contributed by atoms with Gasteiger partial charge in [-0.3, -0.25) is 13.9 Å². The highest BCUT2D eigenvalue weighted by atomic mass is 32.2. The number of hydrogen-bond acceptors (Lipinski definition) is 5. The van der Waals surface area contributed by atoms with E-state index in [0.717, 1.165) is 15.4 Å². The van der Waals surface area contributed by atoms with Gasteiger partial charge in [0.15, 0.2) is 0 Å². The summed E-state index contributed by atoms with van der Waals surface area (Å²) in [6, 6.07) is 32.7. The van der Waals surface area contributed by atoms with Crippen molar-refractivity contribution < 1.29 is 22.7 Å². The van der Waals surface area contributed by atoms with E-state index in [2.05, 4.69) is 5.32 Å². The van der Waals surface area contributed by atoms with E-state index in [-0.39, 0.29) is 29.7 Å². The summed E-state index contributed by atoms with van der Waals surface area (Å²) in [6.45, 7) is 6.37. The molecule has 1 atom stereocenters. The monoisotopic (exact) mass is 627 g/mol. The number of carbonyl (C=O) groups is 2. The summed E-state index contributed by atoms with van der Waals surface area (Å²) in [5, 5.41) is 3.00. The van der Waals surface area contributed by atoms with E-state index >= 15 is 0 Å². The molecular weight excluding hydrogens is 586 g/mol. The second-order valence-electron chi connectivity index (χ2n) is 11.1. The Kier molecular flexibility index (Phi) is 11.8. The highest BCUT2D eigenvalue weighted by molar-refractivity contribution is 7.92. The topological polar surface area (TPSA) is 96.0 Å². The lowest BCUT2D eigenvalue weighted by Crippen LogP contribution is -2.53. The Labute approximate surface area is 266 Å². The third kappa shape index (κ3) is 9.18. The van der Waals surface area contributed by atoms with E-state index in [9.17, 15) is 18.0 Å². The van der Waals surface area contributed by atoms with Gasteiger partial charge in [-0.15, -0.1) is 0 Å².